The van der Waals surface area contributed by atoms with Gasteiger partial charge in [0.2, 0.25) is 5.91 Å². The SMILES string of the molecule is CC1CC(C)C(C(N)=O)C(c2cccc3c2OCCC3)N1. The molecule has 4 atom stereocenters. The Balaban J connectivity index is 2.02. The number of carbonyl (C=O) groups is 1. The molecule has 2 heterocycles. The van der Waals surface area contributed by atoms with Crippen LogP contribution >= 0.6 is 0 Å². The number of piperidine rings is 1. The van der Waals surface area contributed by atoms with Gasteiger partial charge in [-0.25, -0.2) is 0 Å². The van der Waals surface area contributed by atoms with Crippen molar-refractivity contribution >= 4 is 5.91 Å². The third-order valence-electron chi connectivity index (χ3n) is 4.79. The van der Waals surface area contributed by atoms with Crippen molar-refractivity contribution in [3.05, 3.63) is 29.3 Å². The summed E-state index contributed by atoms with van der Waals surface area (Å²) in [6.07, 6.45) is 3.07. The molecule has 1 aromatic carbocycles. The number of para-hydroxylation sites is 1. The molecule has 0 radical (unpaired) electrons. The maximum Gasteiger partial charge on any atom is 0.222 e. The Morgan fingerprint density at radius 2 is 2.19 bits per heavy atom. The lowest BCUT2D eigenvalue weighted by Gasteiger charge is -2.40. The number of carbonyl (C=O) groups excluding carboxylic acids is 1. The van der Waals surface area contributed by atoms with Gasteiger partial charge in [0.05, 0.1) is 12.5 Å². The molecule has 0 bridgehead atoms. The minimum absolute atomic E-state index is 0.0469. The first kappa shape index (κ1) is 14.4. The maximum atomic E-state index is 12.0. The number of fused-ring (bicyclic) bond motifs is 1. The molecule has 0 saturated carbocycles. The Labute approximate surface area is 126 Å². The molecule has 4 unspecified atom stereocenters. The average molecular weight is 288 g/mol. The molecule has 4 nitrogen and oxygen atoms in total. The summed E-state index contributed by atoms with van der Waals surface area (Å²) < 4.78 is 5.91. The Hall–Kier alpha value is -1.55. The molecule has 1 saturated heterocycles. The molecule has 1 amide bonds. The molecule has 1 aromatic rings. The van der Waals surface area contributed by atoms with Crippen LogP contribution in [0.4, 0.5) is 0 Å². The van der Waals surface area contributed by atoms with Crippen LogP contribution in [0, 0.1) is 11.8 Å². The van der Waals surface area contributed by atoms with E-state index in [1.165, 1.54) is 5.56 Å². The van der Waals surface area contributed by atoms with Crippen LogP contribution in [0.1, 0.15) is 43.9 Å². The van der Waals surface area contributed by atoms with Crippen molar-refractivity contribution < 1.29 is 9.53 Å². The van der Waals surface area contributed by atoms with Gasteiger partial charge in [-0.1, -0.05) is 25.1 Å². The number of aryl methyl sites for hydroxylation is 1. The van der Waals surface area contributed by atoms with Gasteiger partial charge in [-0.3, -0.25) is 4.79 Å². The highest BCUT2D eigenvalue weighted by Crippen LogP contribution is 2.41. The van der Waals surface area contributed by atoms with Crippen LogP contribution in [0.15, 0.2) is 18.2 Å². The molecule has 0 aromatic heterocycles. The van der Waals surface area contributed by atoms with E-state index in [4.69, 9.17) is 10.5 Å². The topological polar surface area (TPSA) is 64.4 Å². The van der Waals surface area contributed by atoms with Crippen molar-refractivity contribution in [2.45, 2.75) is 45.2 Å². The van der Waals surface area contributed by atoms with Gasteiger partial charge in [0.1, 0.15) is 5.75 Å². The lowest BCUT2D eigenvalue weighted by Crippen LogP contribution is -2.49. The molecule has 2 aliphatic rings. The standard InChI is InChI=1S/C17H24N2O2/c1-10-9-11(2)19-15(14(10)17(18)20)13-7-3-5-12-6-4-8-21-16(12)13/h3,5,7,10-11,14-15,19H,4,6,8-9H2,1-2H3,(H2,18,20). The van der Waals surface area contributed by atoms with Crippen LogP contribution in [0.3, 0.4) is 0 Å². The monoisotopic (exact) mass is 288 g/mol. The first-order chi connectivity index (χ1) is 10.1. The van der Waals surface area contributed by atoms with Crippen LogP contribution in [-0.2, 0) is 11.2 Å². The van der Waals surface area contributed by atoms with E-state index in [0.29, 0.717) is 6.04 Å². The largest absolute Gasteiger partial charge is 0.493 e. The number of nitrogens with two attached hydrogens (primary N) is 1. The van der Waals surface area contributed by atoms with Gasteiger partial charge in [0, 0.05) is 17.6 Å². The number of rotatable bonds is 2. The Bertz CT molecular complexity index is 544. The Kier molecular flexibility index (Phi) is 3.89. The van der Waals surface area contributed by atoms with Gasteiger partial charge >= 0.3 is 0 Å². The van der Waals surface area contributed by atoms with Gasteiger partial charge in [-0.15, -0.1) is 0 Å². The van der Waals surface area contributed by atoms with Crippen molar-refractivity contribution in [1.29, 1.82) is 0 Å². The molecule has 4 heteroatoms. The molecule has 0 aliphatic carbocycles. The zero-order valence-electron chi connectivity index (χ0n) is 12.8. The lowest BCUT2D eigenvalue weighted by molar-refractivity contribution is -0.125. The second kappa shape index (κ2) is 5.68. The summed E-state index contributed by atoms with van der Waals surface area (Å²) in [5, 5.41) is 3.56. The number of ether oxygens (including phenoxy) is 1. The van der Waals surface area contributed by atoms with Gasteiger partial charge < -0.3 is 15.8 Å². The van der Waals surface area contributed by atoms with Crippen LogP contribution < -0.4 is 15.8 Å². The van der Waals surface area contributed by atoms with E-state index in [9.17, 15) is 4.79 Å². The summed E-state index contributed by atoms with van der Waals surface area (Å²) in [6, 6.07) is 6.58. The number of hydrogen-bond donors (Lipinski definition) is 2. The maximum absolute atomic E-state index is 12.0. The predicted octanol–water partition coefficient (Wildman–Crippen LogP) is 2.17. The minimum Gasteiger partial charge on any atom is -0.493 e. The molecule has 3 rings (SSSR count). The minimum atomic E-state index is -0.222. The summed E-state index contributed by atoms with van der Waals surface area (Å²) in [5.41, 5.74) is 8.02. The molecule has 2 aliphatic heterocycles. The molecule has 0 spiro atoms. The molecular weight excluding hydrogens is 264 g/mol. The fourth-order valence-electron chi connectivity index (χ4n) is 3.90. The van der Waals surface area contributed by atoms with Crippen molar-refractivity contribution in [3.63, 3.8) is 0 Å². The average Bonchev–Trinajstić information content (AvgIpc) is 2.45. The number of primary amides is 1. The van der Waals surface area contributed by atoms with Crippen molar-refractivity contribution in [1.82, 2.24) is 5.32 Å². The molecular formula is C17H24N2O2. The summed E-state index contributed by atoms with van der Waals surface area (Å²) >= 11 is 0. The Morgan fingerprint density at radius 1 is 1.38 bits per heavy atom. The van der Waals surface area contributed by atoms with Crippen LogP contribution in [0.5, 0.6) is 5.75 Å². The summed E-state index contributed by atoms with van der Waals surface area (Å²) in [5.74, 6) is 0.843. The van der Waals surface area contributed by atoms with Gasteiger partial charge in [-0.05, 0) is 37.7 Å². The first-order valence-corrected chi connectivity index (χ1v) is 7.88. The fourth-order valence-corrected chi connectivity index (χ4v) is 3.90. The van der Waals surface area contributed by atoms with Gasteiger partial charge in [-0.2, -0.15) is 0 Å². The fraction of sp³-hybridized carbons (Fsp3) is 0.588. The quantitative estimate of drug-likeness (QED) is 0.876. The van der Waals surface area contributed by atoms with Crippen LogP contribution in [0.2, 0.25) is 0 Å². The van der Waals surface area contributed by atoms with E-state index in [1.54, 1.807) is 0 Å². The zero-order valence-corrected chi connectivity index (χ0v) is 12.8. The number of benzene rings is 1. The first-order valence-electron chi connectivity index (χ1n) is 7.88. The third kappa shape index (κ3) is 2.64. The third-order valence-corrected chi connectivity index (χ3v) is 4.79. The second-order valence-electron chi connectivity index (χ2n) is 6.47. The van der Waals surface area contributed by atoms with E-state index in [2.05, 4.69) is 37.4 Å². The van der Waals surface area contributed by atoms with E-state index in [-0.39, 0.29) is 23.8 Å². The van der Waals surface area contributed by atoms with E-state index in [0.717, 1.165) is 37.2 Å². The molecule has 1 fully saturated rings. The van der Waals surface area contributed by atoms with Crippen molar-refractivity contribution in [2.24, 2.45) is 17.6 Å². The summed E-state index contributed by atoms with van der Waals surface area (Å²) in [7, 11) is 0. The predicted molar refractivity (Wildman–Crippen MR) is 82.1 cm³/mol. The number of hydrogen-bond acceptors (Lipinski definition) is 3. The number of nitrogens with one attached hydrogen (secondary N) is 1. The zero-order chi connectivity index (χ0) is 15.0. The van der Waals surface area contributed by atoms with E-state index < -0.39 is 0 Å². The number of amides is 1. The van der Waals surface area contributed by atoms with Gasteiger partial charge in [0.25, 0.3) is 0 Å². The van der Waals surface area contributed by atoms with Gasteiger partial charge in [0.15, 0.2) is 0 Å². The van der Waals surface area contributed by atoms with Crippen molar-refractivity contribution in [2.75, 3.05) is 6.61 Å². The van der Waals surface area contributed by atoms with Crippen LogP contribution in [0.25, 0.3) is 0 Å². The Morgan fingerprint density at radius 3 is 2.95 bits per heavy atom. The molecule has 114 valence electrons. The summed E-state index contributed by atoms with van der Waals surface area (Å²) in [6.45, 7) is 5.04. The van der Waals surface area contributed by atoms with E-state index >= 15 is 0 Å². The highest BCUT2D eigenvalue weighted by atomic mass is 16.5. The second-order valence-corrected chi connectivity index (χ2v) is 6.47. The highest BCUT2D eigenvalue weighted by molar-refractivity contribution is 5.78. The lowest BCUT2D eigenvalue weighted by atomic mass is 9.75. The normalized spacial score (nSPS) is 32.1. The molecule has 21 heavy (non-hydrogen) atoms. The highest BCUT2D eigenvalue weighted by Gasteiger charge is 2.39. The van der Waals surface area contributed by atoms with E-state index in [1.807, 2.05) is 0 Å². The smallest absolute Gasteiger partial charge is 0.222 e. The van der Waals surface area contributed by atoms with Crippen molar-refractivity contribution in [3.8, 4) is 5.75 Å². The van der Waals surface area contributed by atoms with Crippen LogP contribution in [-0.4, -0.2) is 18.6 Å². The molecule has 3 N–H and O–H groups in total. The summed E-state index contributed by atoms with van der Waals surface area (Å²) in [4.78, 5) is 12.0.